The van der Waals surface area contributed by atoms with E-state index < -0.39 is 4.92 Å². The van der Waals surface area contributed by atoms with Gasteiger partial charge < -0.3 is 10.6 Å². The van der Waals surface area contributed by atoms with Gasteiger partial charge in [0, 0.05) is 24.2 Å². The van der Waals surface area contributed by atoms with Crippen LogP contribution in [0.4, 0.5) is 11.4 Å². The number of amides is 1. The maximum atomic E-state index is 12.0. The van der Waals surface area contributed by atoms with Gasteiger partial charge in [0.05, 0.1) is 4.92 Å². The second kappa shape index (κ2) is 14.9. The first-order valence-corrected chi connectivity index (χ1v) is 11.2. The van der Waals surface area contributed by atoms with Crippen LogP contribution in [0.1, 0.15) is 89.5 Å². The number of aryl methyl sites for hydroxylation is 1. The standard InChI is InChI=1S/C22H35N3O3S/c1-3-4-5-6-7-8-9-10-11-12-13-14-21(26)24-22(29)23-20-16-15-19(25(27)28)17-18(20)2/h15-17H,3-14H2,1-2H3,(H2,23,24,26,29). The number of nitro benzene ring substituents is 1. The molecule has 0 unspecified atom stereocenters. The normalized spacial score (nSPS) is 10.6. The van der Waals surface area contributed by atoms with Crippen molar-refractivity contribution >= 4 is 34.6 Å². The van der Waals surface area contributed by atoms with Crippen LogP contribution < -0.4 is 10.6 Å². The summed E-state index contributed by atoms with van der Waals surface area (Å²) in [7, 11) is 0. The van der Waals surface area contributed by atoms with Crippen LogP contribution >= 0.6 is 12.2 Å². The summed E-state index contributed by atoms with van der Waals surface area (Å²) in [6.45, 7) is 4.00. The van der Waals surface area contributed by atoms with Gasteiger partial charge in [-0.25, -0.2) is 0 Å². The molecular formula is C22H35N3O3S. The lowest BCUT2D eigenvalue weighted by Crippen LogP contribution is -2.34. The van der Waals surface area contributed by atoms with Crippen LogP contribution in [0.5, 0.6) is 0 Å². The van der Waals surface area contributed by atoms with E-state index in [-0.39, 0.29) is 16.7 Å². The molecule has 0 aliphatic carbocycles. The van der Waals surface area contributed by atoms with E-state index in [4.69, 9.17) is 12.2 Å². The van der Waals surface area contributed by atoms with Crippen LogP contribution in [0, 0.1) is 17.0 Å². The summed E-state index contributed by atoms with van der Waals surface area (Å²) >= 11 is 5.17. The van der Waals surface area contributed by atoms with E-state index in [9.17, 15) is 14.9 Å². The van der Waals surface area contributed by atoms with Crippen molar-refractivity contribution in [2.24, 2.45) is 0 Å². The minimum atomic E-state index is -0.440. The molecule has 0 aromatic heterocycles. The third-order valence-corrected chi connectivity index (χ3v) is 5.13. The van der Waals surface area contributed by atoms with Gasteiger partial charge in [-0.05, 0) is 37.2 Å². The predicted octanol–water partition coefficient (Wildman–Crippen LogP) is 6.42. The Morgan fingerprint density at radius 3 is 2.07 bits per heavy atom. The summed E-state index contributed by atoms with van der Waals surface area (Å²) < 4.78 is 0. The van der Waals surface area contributed by atoms with Gasteiger partial charge in [-0.2, -0.15) is 0 Å². The highest BCUT2D eigenvalue weighted by Gasteiger charge is 2.10. The number of nitrogens with zero attached hydrogens (tertiary/aromatic N) is 1. The molecule has 0 fully saturated rings. The topological polar surface area (TPSA) is 84.3 Å². The maximum absolute atomic E-state index is 12.0. The van der Waals surface area contributed by atoms with Crippen molar-refractivity contribution in [3.8, 4) is 0 Å². The lowest BCUT2D eigenvalue weighted by molar-refractivity contribution is -0.384. The zero-order chi connectivity index (χ0) is 21.5. The molecule has 7 heteroatoms. The lowest BCUT2D eigenvalue weighted by atomic mass is 10.1. The minimum absolute atomic E-state index is 0.0273. The van der Waals surface area contributed by atoms with E-state index in [0.717, 1.165) is 12.8 Å². The van der Waals surface area contributed by atoms with Crippen LogP contribution in [0.2, 0.25) is 0 Å². The molecule has 6 nitrogen and oxygen atoms in total. The molecule has 0 heterocycles. The fourth-order valence-electron chi connectivity index (χ4n) is 3.19. The zero-order valence-electron chi connectivity index (χ0n) is 17.8. The Bertz CT molecular complexity index is 665. The first kappa shape index (κ1) is 25.0. The first-order chi connectivity index (χ1) is 13.9. The van der Waals surface area contributed by atoms with Gasteiger partial charge >= 0.3 is 0 Å². The fourth-order valence-corrected chi connectivity index (χ4v) is 3.42. The number of thiocarbonyl (C=S) groups is 1. The number of carbonyl (C=O) groups is 1. The number of nitro groups is 1. The van der Waals surface area contributed by atoms with Crippen molar-refractivity contribution in [2.45, 2.75) is 90.9 Å². The van der Waals surface area contributed by atoms with E-state index >= 15 is 0 Å². The molecule has 0 saturated heterocycles. The average Bonchev–Trinajstić information content (AvgIpc) is 2.67. The molecule has 0 aliphatic rings. The quantitative estimate of drug-likeness (QED) is 0.157. The van der Waals surface area contributed by atoms with Crippen molar-refractivity contribution in [1.82, 2.24) is 5.32 Å². The summed E-state index contributed by atoms with van der Waals surface area (Å²) in [6, 6.07) is 4.47. The predicted molar refractivity (Wildman–Crippen MR) is 123 cm³/mol. The smallest absolute Gasteiger partial charge is 0.269 e. The van der Waals surface area contributed by atoms with E-state index in [1.54, 1.807) is 13.0 Å². The largest absolute Gasteiger partial charge is 0.332 e. The number of nitrogens with one attached hydrogen (secondary N) is 2. The lowest BCUT2D eigenvalue weighted by Gasteiger charge is -2.11. The van der Waals surface area contributed by atoms with Crippen molar-refractivity contribution in [3.05, 3.63) is 33.9 Å². The SMILES string of the molecule is CCCCCCCCCCCCCC(=O)NC(=S)Nc1ccc([N+](=O)[O-])cc1C. The van der Waals surface area contributed by atoms with Crippen molar-refractivity contribution in [3.63, 3.8) is 0 Å². The Balaban J connectivity index is 2.11. The minimum Gasteiger partial charge on any atom is -0.332 e. The van der Waals surface area contributed by atoms with E-state index in [2.05, 4.69) is 17.6 Å². The second-order valence-electron chi connectivity index (χ2n) is 7.54. The van der Waals surface area contributed by atoms with Gasteiger partial charge in [-0.1, -0.05) is 71.1 Å². The van der Waals surface area contributed by atoms with Gasteiger partial charge in [-0.3, -0.25) is 14.9 Å². The van der Waals surface area contributed by atoms with Crippen LogP contribution in [-0.2, 0) is 4.79 Å². The average molecular weight is 422 g/mol. The molecule has 0 bridgehead atoms. The molecule has 0 spiro atoms. The number of benzene rings is 1. The second-order valence-corrected chi connectivity index (χ2v) is 7.95. The Morgan fingerprint density at radius 2 is 1.55 bits per heavy atom. The van der Waals surface area contributed by atoms with Gasteiger partial charge in [0.15, 0.2) is 5.11 Å². The van der Waals surface area contributed by atoms with E-state index in [1.807, 2.05) is 0 Å². The Hall–Kier alpha value is -2.02. The molecule has 1 rings (SSSR count). The zero-order valence-corrected chi connectivity index (χ0v) is 18.6. The number of non-ortho nitro benzene ring substituents is 1. The highest BCUT2D eigenvalue weighted by molar-refractivity contribution is 7.80. The molecular weight excluding hydrogens is 386 g/mol. The van der Waals surface area contributed by atoms with Crippen molar-refractivity contribution < 1.29 is 9.72 Å². The Kier molecular flexibility index (Phi) is 12.9. The first-order valence-electron chi connectivity index (χ1n) is 10.8. The number of anilines is 1. The number of unbranched alkanes of at least 4 members (excludes halogenated alkanes) is 10. The van der Waals surface area contributed by atoms with Gasteiger partial charge in [0.25, 0.3) is 5.69 Å². The van der Waals surface area contributed by atoms with Gasteiger partial charge in [-0.15, -0.1) is 0 Å². The monoisotopic (exact) mass is 421 g/mol. The number of hydrogen-bond acceptors (Lipinski definition) is 4. The summed E-state index contributed by atoms with van der Waals surface area (Å²) in [5.74, 6) is -0.0991. The van der Waals surface area contributed by atoms with Crippen molar-refractivity contribution in [1.29, 1.82) is 0 Å². The highest BCUT2D eigenvalue weighted by Crippen LogP contribution is 2.21. The number of rotatable bonds is 14. The summed E-state index contributed by atoms with van der Waals surface area (Å²) in [5.41, 5.74) is 1.37. The summed E-state index contributed by atoms with van der Waals surface area (Å²) in [5, 5.41) is 16.6. The maximum Gasteiger partial charge on any atom is 0.269 e. The van der Waals surface area contributed by atoms with Crippen LogP contribution in [0.25, 0.3) is 0 Å². The summed E-state index contributed by atoms with van der Waals surface area (Å²) in [4.78, 5) is 22.3. The highest BCUT2D eigenvalue weighted by atomic mass is 32.1. The number of carbonyl (C=O) groups excluding carboxylic acids is 1. The molecule has 0 aliphatic heterocycles. The van der Waals surface area contributed by atoms with Crippen LogP contribution in [-0.4, -0.2) is 15.9 Å². The Labute approximate surface area is 180 Å². The molecule has 1 amide bonds. The summed E-state index contributed by atoms with van der Waals surface area (Å²) in [6.07, 6.45) is 14.1. The van der Waals surface area contributed by atoms with Crippen LogP contribution in [0.3, 0.4) is 0 Å². The molecule has 0 saturated carbocycles. The van der Waals surface area contributed by atoms with Gasteiger partial charge in [0.1, 0.15) is 0 Å². The fraction of sp³-hybridized carbons (Fsp3) is 0.636. The van der Waals surface area contributed by atoms with E-state index in [1.165, 1.54) is 69.9 Å². The molecule has 1 aromatic rings. The molecule has 0 radical (unpaired) electrons. The molecule has 0 atom stereocenters. The van der Waals surface area contributed by atoms with Crippen molar-refractivity contribution in [2.75, 3.05) is 5.32 Å². The molecule has 162 valence electrons. The van der Waals surface area contributed by atoms with Crippen LogP contribution in [0.15, 0.2) is 18.2 Å². The molecule has 1 aromatic carbocycles. The Morgan fingerprint density at radius 1 is 1.00 bits per heavy atom. The van der Waals surface area contributed by atoms with Gasteiger partial charge in [0.2, 0.25) is 5.91 Å². The molecule has 29 heavy (non-hydrogen) atoms. The molecule has 2 N–H and O–H groups in total. The van der Waals surface area contributed by atoms with E-state index in [0.29, 0.717) is 17.7 Å². The third-order valence-electron chi connectivity index (χ3n) is 4.93. The third kappa shape index (κ3) is 11.5. The number of hydrogen-bond donors (Lipinski definition) is 2.